The predicted molar refractivity (Wildman–Crippen MR) is 97.6 cm³/mol. The highest BCUT2D eigenvalue weighted by Gasteiger charge is 2.03. The van der Waals surface area contributed by atoms with E-state index in [1.54, 1.807) is 11.2 Å². The maximum atomic E-state index is 10.6. The molecule has 0 spiro atoms. The van der Waals surface area contributed by atoms with E-state index in [4.69, 9.17) is 0 Å². The lowest BCUT2D eigenvalue weighted by Gasteiger charge is -2.12. The second-order valence-corrected chi connectivity index (χ2v) is 7.47. The van der Waals surface area contributed by atoms with Gasteiger partial charge in [-0.15, -0.1) is 0 Å². The number of hydrogen-bond donors (Lipinski definition) is 0. The van der Waals surface area contributed by atoms with Gasteiger partial charge in [-0.05, 0) is 31.5 Å². The summed E-state index contributed by atoms with van der Waals surface area (Å²) in [4.78, 5) is 0. The summed E-state index contributed by atoms with van der Waals surface area (Å²) in [5.74, 6) is -0.309. The SMILES string of the molecule is Cc1ccc(N(C)N=Cc2ccc[n+](CCCCS(=O)(=O)[O-])c2)cc1. The van der Waals surface area contributed by atoms with Gasteiger partial charge in [0.2, 0.25) is 0 Å². The van der Waals surface area contributed by atoms with E-state index >= 15 is 0 Å². The van der Waals surface area contributed by atoms with Gasteiger partial charge in [-0.25, -0.2) is 13.0 Å². The van der Waals surface area contributed by atoms with Gasteiger partial charge < -0.3 is 4.55 Å². The Balaban J connectivity index is 1.92. The van der Waals surface area contributed by atoms with Gasteiger partial charge >= 0.3 is 0 Å². The molecule has 25 heavy (non-hydrogen) atoms. The van der Waals surface area contributed by atoms with E-state index in [2.05, 4.69) is 5.10 Å². The molecule has 0 N–H and O–H groups in total. The molecule has 0 atom stereocenters. The Kier molecular flexibility index (Phi) is 6.66. The van der Waals surface area contributed by atoms with Gasteiger partial charge in [-0.3, -0.25) is 5.01 Å². The summed E-state index contributed by atoms with van der Waals surface area (Å²) in [6, 6.07) is 12.0. The second-order valence-electron chi connectivity index (χ2n) is 5.95. The smallest absolute Gasteiger partial charge is 0.177 e. The highest BCUT2D eigenvalue weighted by molar-refractivity contribution is 7.85. The van der Waals surface area contributed by atoms with Crippen LogP contribution < -0.4 is 9.58 Å². The first-order valence-corrected chi connectivity index (χ1v) is 9.68. The fraction of sp³-hybridized carbons (Fsp3) is 0.333. The predicted octanol–water partition coefficient (Wildman–Crippen LogP) is 2.08. The summed E-state index contributed by atoms with van der Waals surface area (Å²) in [5, 5.41) is 6.24. The van der Waals surface area contributed by atoms with E-state index in [0.717, 1.165) is 11.3 Å². The molecule has 0 bridgehead atoms. The van der Waals surface area contributed by atoms with Crippen molar-refractivity contribution in [1.82, 2.24) is 0 Å². The molecule has 0 unspecified atom stereocenters. The number of hydrogen-bond acceptors (Lipinski definition) is 5. The summed E-state index contributed by atoms with van der Waals surface area (Å²) in [6.07, 6.45) is 6.63. The topological polar surface area (TPSA) is 76.7 Å². The van der Waals surface area contributed by atoms with E-state index in [-0.39, 0.29) is 5.75 Å². The molecule has 0 radical (unpaired) electrons. The van der Waals surface area contributed by atoms with Crippen LogP contribution in [0.5, 0.6) is 0 Å². The zero-order valence-corrected chi connectivity index (χ0v) is 15.3. The van der Waals surface area contributed by atoms with Crippen LogP contribution in [0.1, 0.15) is 24.0 Å². The molecule has 2 aromatic rings. The average Bonchev–Trinajstić information content (AvgIpc) is 2.57. The summed E-state index contributed by atoms with van der Waals surface area (Å²) < 4.78 is 33.8. The van der Waals surface area contributed by atoms with Crippen molar-refractivity contribution in [1.29, 1.82) is 0 Å². The minimum Gasteiger partial charge on any atom is -0.748 e. The standard InChI is InChI=1S/C18H23N3O3S/c1-16-7-9-18(10-8-16)20(2)19-14-17-6-5-12-21(15-17)11-3-4-13-25(22,23)24/h5-10,12,14-15H,3-4,11,13H2,1-2H3. The van der Waals surface area contributed by atoms with Crippen molar-refractivity contribution in [3.05, 3.63) is 59.9 Å². The van der Waals surface area contributed by atoms with Crippen molar-refractivity contribution in [2.24, 2.45) is 5.10 Å². The maximum Gasteiger partial charge on any atom is 0.177 e. The molecule has 134 valence electrons. The van der Waals surface area contributed by atoms with E-state index in [1.807, 2.05) is 67.3 Å². The molecule has 1 heterocycles. The van der Waals surface area contributed by atoms with Crippen molar-refractivity contribution in [2.45, 2.75) is 26.3 Å². The number of aryl methyl sites for hydroxylation is 2. The van der Waals surface area contributed by atoms with Crippen molar-refractivity contribution in [3.63, 3.8) is 0 Å². The average molecular weight is 361 g/mol. The molecule has 0 aliphatic heterocycles. The van der Waals surface area contributed by atoms with Gasteiger partial charge in [0, 0.05) is 25.3 Å². The van der Waals surface area contributed by atoms with Crippen LogP contribution in [0, 0.1) is 6.92 Å². The monoisotopic (exact) mass is 361 g/mol. The lowest BCUT2D eigenvalue weighted by atomic mass is 10.2. The summed E-state index contributed by atoms with van der Waals surface area (Å²) in [7, 11) is -2.23. The Labute approximate surface area is 149 Å². The molecule has 2 rings (SSSR count). The van der Waals surface area contributed by atoms with Crippen LogP contribution in [0.4, 0.5) is 5.69 Å². The van der Waals surface area contributed by atoms with Crippen LogP contribution in [0.15, 0.2) is 53.9 Å². The number of benzene rings is 1. The fourth-order valence-corrected chi connectivity index (χ4v) is 2.87. The Morgan fingerprint density at radius 1 is 1.20 bits per heavy atom. The van der Waals surface area contributed by atoms with E-state index in [1.165, 1.54) is 5.56 Å². The van der Waals surface area contributed by atoms with E-state index < -0.39 is 10.1 Å². The van der Waals surface area contributed by atoms with Crippen LogP contribution in [-0.4, -0.2) is 32.0 Å². The van der Waals surface area contributed by atoms with Crippen molar-refractivity contribution < 1.29 is 17.5 Å². The Bertz CT molecular complexity index is 818. The van der Waals surface area contributed by atoms with Crippen LogP contribution in [0.25, 0.3) is 0 Å². The largest absolute Gasteiger partial charge is 0.748 e. The zero-order chi connectivity index (χ0) is 18.3. The van der Waals surface area contributed by atoms with Crippen LogP contribution >= 0.6 is 0 Å². The number of hydrazone groups is 1. The zero-order valence-electron chi connectivity index (χ0n) is 14.5. The summed E-state index contributed by atoms with van der Waals surface area (Å²) in [5.41, 5.74) is 3.15. The first-order valence-electron chi connectivity index (χ1n) is 8.10. The number of anilines is 1. The molecular weight excluding hydrogens is 338 g/mol. The lowest BCUT2D eigenvalue weighted by molar-refractivity contribution is -0.697. The maximum absolute atomic E-state index is 10.6. The molecule has 6 nitrogen and oxygen atoms in total. The quantitative estimate of drug-likeness (QED) is 0.237. The van der Waals surface area contributed by atoms with Gasteiger partial charge in [0.05, 0.1) is 27.6 Å². The van der Waals surface area contributed by atoms with E-state index in [9.17, 15) is 13.0 Å². The molecule has 0 aliphatic carbocycles. The summed E-state index contributed by atoms with van der Waals surface area (Å²) in [6.45, 7) is 2.70. The van der Waals surface area contributed by atoms with Crippen molar-refractivity contribution in [3.8, 4) is 0 Å². The molecule has 0 saturated heterocycles. The minimum absolute atomic E-state index is 0.309. The summed E-state index contributed by atoms with van der Waals surface area (Å²) >= 11 is 0. The van der Waals surface area contributed by atoms with Crippen molar-refractivity contribution >= 4 is 22.0 Å². The van der Waals surface area contributed by atoms with Gasteiger partial charge in [0.1, 0.15) is 6.54 Å². The number of aromatic nitrogens is 1. The fourth-order valence-electron chi connectivity index (χ4n) is 2.31. The van der Waals surface area contributed by atoms with Gasteiger partial charge in [-0.2, -0.15) is 5.10 Å². The Hall–Kier alpha value is -2.25. The van der Waals surface area contributed by atoms with Gasteiger partial charge in [0.15, 0.2) is 12.4 Å². The molecule has 0 saturated carbocycles. The third-order valence-corrected chi connectivity index (χ3v) is 4.52. The lowest BCUT2D eigenvalue weighted by Crippen LogP contribution is -2.33. The van der Waals surface area contributed by atoms with Gasteiger partial charge in [-0.1, -0.05) is 17.7 Å². The van der Waals surface area contributed by atoms with Crippen molar-refractivity contribution in [2.75, 3.05) is 17.8 Å². The number of unbranched alkanes of at least 4 members (excludes halogenated alkanes) is 1. The second kappa shape index (κ2) is 8.73. The minimum atomic E-state index is -4.12. The highest BCUT2D eigenvalue weighted by atomic mass is 32.2. The first kappa shape index (κ1) is 19.1. The normalized spacial score (nSPS) is 11.8. The van der Waals surface area contributed by atoms with E-state index in [0.29, 0.717) is 19.4 Å². The van der Waals surface area contributed by atoms with Crippen LogP contribution in [0.2, 0.25) is 0 Å². The third-order valence-electron chi connectivity index (χ3n) is 3.73. The molecule has 1 aromatic heterocycles. The Morgan fingerprint density at radius 2 is 1.92 bits per heavy atom. The molecule has 0 amide bonds. The molecule has 0 fully saturated rings. The number of pyridine rings is 1. The molecule has 0 aliphatic rings. The molecule has 1 aromatic carbocycles. The molecular formula is C18H23N3O3S. The van der Waals surface area contributed by atoms with Crippen LogP contribution in [-0.2, 0) is 16.7 Å². The first-order chi connectivity index (χ1) is 11.8. The Morgan fingerprint density at radius 3 is 2.60 bits per heavy atom. The highest BCUT2D eigenvalue weighted by Crippen LogP contribution is 2.13. The number of nitrogens with zero attached hydrogens (tertiary/aromatic N) is 3. The third kappa shape index (κ3) is 7.03. The number of rotatable bonds is 8. The molecule has 7 heteroatoms. The van der Waals surface area contributed by atoms with Gasteiger partial charge in [0.25, 0.3) is 0 Å². The van der Waals surface area contributed by atoms with Crippen LogP contribution in [0.3, 0.4) is 0 Å².